The van der Waals surface area contributed by atoms with Gasteiger partial charge in [0, 0.05) is 18.3 Å². The van der Waals surface area contributed by atoms with Crippen LogP contribution < -0.4 is 5.32 Å². The second-order valence-electron chi connectivity index (χ2n) is 4.54. The van der Waals surface area contributed by atoms with Crippen LogP contribution in [0, 0.1) is 17.8 Å². The second-order valence-corrected chi connectivity index (χ2v) is 4.54. The standard InChI is InChI=1S/C11H15N3O/c15-11(10-7-2-1-3-8(7)10)14-6-9-12-4-5-13-9/h4-5,7-8,10H,1-3,6H2,(H,12,13)(H,14,15). The SMILES string of the molecule is O=C(NCc1ncc[nH]1)C1C2CCCC21. The molecule has 80 valence electrons. The van der Waals surface area contributed by atoms with E-state index in [0.29, 0.717) is 24.3 Å². The van der Waals surface area contributed by atoms with Crippen LogP contribution in [-0.4, -0.2) is 15.9 Å². The molecular weight excluding hydrogens is 190 g/mol. The van der Waals surface area contributed by atoms with Crippen LogP contribution in [0.15, 0.2) is 12.4 Å². The van der Waals surface area contributed by atoms with Crippen molar-refractivity contribution in [3.8, 4) is 0 Å². The largest absolute Gasteiger partial charge is 0.349 e. The Balaban J connectivity index is 1.50. The summed E-state index contributed by atoms with van der Waals surface area (Å²) in [5, 5.41) is 2.94. The Hall–Kier alpha value is -1.32. The molecule has 0 saturated heterocycles. The van der Waals surface area contributed by atoms with Crippen LogP contribution >= 0.6 is 0 Å². The number of fused-ring (bicyclic) bond motifs is 1. The molecule has 1 amide bonds. The number of H-pyrrole nitrogens is 1. The minimum Gasteiger partial charge on any atom is -0.349 e. The Morgan fingerprint density at radius 3 is 3.00 bits per heavy atom. The molecule has 4 heteroatoms. The first kappa shape index (κ1) is 8.95. The molecule has 2 saturated carbocycles. The predicted octanol–water partition coefficient (Wildman–Crippen LogP) is 1.07. The van der Waals surface area contributed by atoms with E-state index in [1.54, 1.807) is 12.4 Å². The number of hydrogen-bond donors (Lipinski definition) is 2. The van der Waals surface area contributed by atoms with Crippen LogP contribution in [0.2, 0.25) is 0 Å². The number of nitrogens with zero attached hydrogens (tertiary/aromatic N) is 1. The number of hydrogen-bond acceptors (Lipinski definition) is 2. The normalized spacial score (nSPS) is 32.4. The summed E-state index contributed by atoms with van der Waals surface area (Å²) < 4.78 is 0. The molecule has 0 spiro atoms. The highest BCUT2D eigenvalue weighted by molar-refractivity contribution is 5.82. The van der Waals surface area contributed by atoms with E-state index < -0.39 is 0 Å². The second kappa shape index (κ2) is 3.36. The molecule has 2 atom stereocenters. The van der Waals surface area contributed by atoms with Crippen molar-refractivity contribution >= 4 is 5.91 Å². The minimum absolute atomic E-state index is 0.223. The Bertz CT molecular complexity index is 350. The maximum absolute atomic E-state index is 11.8. The van der Waals surface area contributed by atoms with Gasteiger partial charge < -0.3 is 10.3 Å². The lowest BCUT2D eigenvalue weighted by Gasteiger charge is -2.04. The van der Waals surface area contributed by atoms with E-state index in [0.717, 1.165) is 5.82 Å². The molecule has 1 aromatic heterocycles. The predicted molar refractivity (Wildman–Crippen MR) is 54.8 cm³/mol. The first-order valence-electron chi connectivity index (χ1n) is 5.62. The van der Waals surface area contributed by atoms with Gasteiger partial charge in [-0.1, -0.05) is 6.42 Å². The van der Waals surface area contributed by atoms with E-state index in [-0.39, 0.29) is 5.91 Å². The highest BCUT2D eigenvalue weighted by Crippen LogP contribution is 2.57. The van der Waals surface area contributed by atoms with E-state index in [4.69, 9.17) is 0 Å². The van der Waals surface area contributed by atoms with Crippen molar-refractivity contribution in [1.29, 1.82) is 0 Å². The van der Waals surface area contributed by atoms with Gasteiger partial charge in [0.25, 0.3) is 0 Å². The summed E-state index contributed by atoms with van der Waals surface area (Å²) in [6.45, 7) is 0.530. The number of aromatic nitrogens is 2. The quantitative estimate of drug-likeness (QED) is 0.775. The lowest BCUT2D eigenvalue weighted by molar-refractivity contribution is -0.123. The average Bonchev–Trinajstić information content (AvgIpc) is 2.72. The van der Waals surface area contributed by atoms with Crippen LogP contribution in [0.3, 0.4) is 0 Å². The third-order valence-corrected chi connectivity index (χ3v) is 3.69. The van der Waals surface area contributed by atoms with Gasteiger partial charge in [0.1, 0.15) is 5.82 Å². The van der Waals surface area contributed by atoms with Crippen molar-refractivity contribution in [1.82, 2.24) is 15.3 Å². The number of imidazole rings is 1. The zero-order valence-corrected chi connectivity index (χ0v) is 8.57. The van der Waals surface area contributed by atoms with Crippen molar-refractivity contribution in [2.45, 2.75) is 25.8 Å². The summed E-state index contributed by atoms with van der Waals surface area (Å²) in [5.41, 5.74) is 0. The lowest BCUT2D eigenvalue weighted by atomic mass is 10.1. The van der Waals surface area contributed by atoms with E-state index >= 15 is 0 Å². The lowest BCUT2D eigenvalue weighted by Crippen LogP contribution is -2.26. The molecule has 4 nitrogen and oxygen atoms in total. The molecule has 2 N–H and O–H groups in total. The summed E-state index contributed by atoms with van der Waals surface area (Å²) >= 11 is 0. The number of rotatable bonds is 3. The van der Waals surface area contributed by atoms with E-state index in [9.17, 15) is 4.79 Å². The van der Waals surface area contributed by atoms with Gasteiger partial charge in [0.2, 0.25) is 5.91 Å². The Labute approximate surface area is 88.5 Å². The van der Waals surface area contributed by atoms with Crippen molar-refractivity contribution in [2.24, 2.45) is 17.8 Å². The highest BCUT2D eigenvalue weighted by atomic mass is 16.2. The fourth-order valence-corrected chi connectivity index (χ4v) is 2.89. The van der Waals surface area contributed by atoms with Gasteiger partial charge in [0.05, 0.1) is 6.54 Å². The van der Waals surface area contributed by atoms with Crippen molar-refractivity contribution in [3.63, 3.8) is 0 Å². The monoisotopic (exact) mass is 205 g/mol. The van der Waals surface area contributed by atoms with E-state index in [1.807, 2.05) is 0 Å². The fraction of sp³-hybridized carbons (Fsp3) is 0.636. The third-order valence-electron chi connectivity index (χ3n) is 3.69. The third kappa shape index (κ3) is 1.54. The van der Waals surface area contributed by atoms with E-state index in [2.05, 4.69) is 15.3 Å². The van der Waals surface area contributed by atoms with Crippen LogP contribution in [0.4, 0.5) is 0 Å². The van der Waals surface area contributed by atoms with Gasteiger partial charge in [-0.05, 0) is 24.7 Å². The zero-order chi connectivity index (χ0) is 10.3. The van der Waals surface area contributed by atoms with Crippen molar-refractivity contribution in [2.75, 3.05) is 0 Å². The van der Waals surface area contributed by atoms with Crippen LogP contribution in [0.5, 0.6) is 0 Å². The van der Waals surface area contributed by atoms with Gasteiger partial charge in [-0.25, -0.2) is 4.98 Å². The molecule has 15 heavy (non-hydrogen) atoms. The van der Waals surface area contributed by atoms with Gasteiger partial charge >= 0.3 is 0 Å². The average molecular weight is 205 g/mol. The molecule has 2 aliphatic rings. The topological polar surface area (TPSA) is 57.8 Å². The van der Waals surface area contributed by atoms with Crippen LogP contribution in [-0.2, 0) is 11.3 Å². The van der Waals surface area contributed by atoms with Crippen LogP contribution in [0.1, 0.15) is 25.1 Å². The molecular formula is C11H15N3O. The number of nitrogens with one attached hydrogen (secondary N) is 2. The molecule has 2 unspecified atom stereocenters. The van der Waals surface area contributed by atoms with Gasteiger partial charge in [-0.3, -0.25) is 4.79 Å². The summed E-state index contributed by atoms with van der Waals surface area (Å²) in [7, 11) is 0. The zero-order valence-electron chi connectivity index (χ0n) is 8.57. The fourth-order valence-electron chi connectivity index (χ4n) is 2.89. The molecule has 0 aliphatic heterocycles. The highest BCUT2D eigenvalue weighted by Gasteiger charge is 2.56. The molecule has 0 bridgehead atoms. The summed E-state index contributed by atoms with van der Waals surface area (Å²) in [6, 6.07) is 0. The van der Waals surface area contributed by atoms with E-state index in [1.165, 1.54) is 19.3 Å². The molecule has 2 fully saturated rings. The maximum atomic E-state index is 11.8. The number of aromatic amines is 1. The molecule has 2 aliphatic carbocycles. The summed E-state index contributed by atoms with van der Waals surface area (Å²) in [5.74, 6) is 2.76. The Kier molecular flexibility index (Phi) is 2.01. The van der Waals surface area contributed by atoms with Gasteiger partial charge in [-0.15, -0.1) is 0 Å². The first-order valence-corrected chi connectivity index (χ1v) is 5.62. The van der Waals surface area contributed by atoms with Gasteiger partial charge in [0.15, 0.2) is 0 Å². The Morgan fingerprint density at radius 2 is 2.33 bits per heavy atom. The molecule has 0 radical (unpaired) electrons. The molecule has 1 heterocycles. The minimum atomic E-state index is 0.223. The van der Waals surface area contributed by atoms with Crippen LogP contribution in [0.25, 0.3) is 0 Å². The smallest absolute Gasteiger partial charge is 0.224 e. The summed E-state index contributed by atoms with van der Waals surface area (Å²) in [6.07, 6.45) is 7.30. The van der Waals surface area contributed by atoms with Crippen molar-refractivity contribution < 1.29 is 4.79 Å². The number of carbonyl (C=O) groups is 1. The maximum Gasteiger partial charge on any atom is 0.224 e. The summed E-state index contributed by atoms with van der Waals surface area (Å²) in [4.78, 5) is 18.8. The number of carbonyl (C=O) groups excluding carboxylic acids is 1. The molecule has 1 aromatic rings. The molecule has 0 aromatic carbocycles. The molecule has 3 rings (SSSR count). The van der Waals surface area contributed by atoms with Crippen molar-refractivity contribution in [3.05, 3.63) is 18.2 Å². The Morgan fingerprint density at radius 1 is 1.53 bits per heavy atom. The first-order chi connectivity index (χ1) is 7.36. The number of amides is 1. The van der Waals surface area contributed by atoms with Gasteiger partial charge in [-0.2, -0.15) is 0 Å².